The molecule has 0 bridgehead atoms. The molecular formula is C12H18N2O3S. The summed E-state index contributed by atoms with van der Waals surface area (Å²) in [5, 5.41) is 16.2. The van der Waals surface area contributed by atoms with Crippen molar-refractivity contribution in [2.45, 2.75) is 33.2 Å². The maximum Gasteiger partial charge on any atom is 0.338 e. The Labute approximate surface area is 110 Å². The van der Waals surface area contributed by atoms with Gasteiger partial charge in [0.15, 0.2) is 0 Å². The maximum absolute atomic E-state index is 11.7. The highest BCUT2D eigenvalue weighted by molar-refractivity contribution is 7.14. The van der Waals surface area contributed by atoms with E-state index in [0.29, 0.717) is 10.9 Å². The van der Waals surface area contributed by atoms with E-state index in [1.165, 1.54) is 17.4 Å². The number of urea groups is 1. The van der Waals surface area contributed by atoms with E-state index in [2.05, 4.69) is 24.5 Å². The zero-order valence-corrected chi connectivity index (χ0v) is 11.5. The summed E-state index contributed by atoms with van der Waals surface area (Å²) in [6, 6.07) is 1.16. The quantitative estimate of drug-likeness (QED) is 0.769. The average Bonchev–Trinajstić information content (AvgIpc) is 2.63. The van der Waals surface area contributed by atoms with E-state index in [9.17, 15) is 9.59 Å². The van der Waals surface area contributed by atoms with Gasteiger partial charge in [-0.25, -0.2) is 9.59 Å². The van der Waals surface area contributed by atoms with Gasteiger partial charge < -0.3 is 10.4 Å². The second kappa shape index (κ2) is 6.39. The summed E-state index contributed by atoms with van der Waals surface area (Å²) in [6.07, 6.45) is 0.879. The van der Waals surface area contributed by atoms with Crippen LogP contribution >= 0.6 is 11.3 Å². The first-order valence-electron chi connectivity index (χ1n) is 5.78. The summed E-state index contributed by atoms with van der Waals surface area (Å²) in [7, 11) is 0. The number of carboxylic acids is 1. The normalized spacial score (nSPS) is 12.2. The molecular weight excluding hydrogens is 252 g/mol. The number of hydrogen-bond donors (Lipinski definition) is 3. The molecule has 0 saturated carbocycles. The van der Waals surface area contributed by atoms with Gasteiger partial charge in [-0.1, -0.05) is 13.8 Å². The Balaban J connectivity index is 2.54. The highest BCUT2D eigenvalue weighted by Gasteiger charge is 2.15. The molecule has 2 amide bonds. The predicted octanol–water partition coefficient (Wildman–Crippen LogP) is 3.00. The van der Waals surface area contributed by atoms with Crippen LogP contribution in [0, 0.1) is 5.92 Å². The molecule has 1 aromatic heterocycles. The third-order valence-corrected chi connectivity index (χ3v) is 3.15. The molecule has 1 rings (SSSR count). The summed E-state index contributed by atoms with van der Waals surface area (Å²) in [5.74, 6) is -0.543. The fraction of sp³-hybridized carbons (Fsp3) is 0.500. The van der Waals surface area contributed by atoms with Crippen LogP contribution in [0.4, 0.5) is 9.80 Å². The van der Waals surface area contributed by atoms with Gasteiger partial charge in [0.05, 0.1) is 5.56 Å². The predicted molar refractivity (Wildman–Crippen MR) is 72.3 cm³/mol. The van der Waals surface area contributed by atoms with Crippen molar-refractivity contribution >= 4 is 28.3 Å². The van der Waals surface area contributed by atoms with Crippen LogP contribution in [-0.2, 0) is 0 Å². The second-order valence-corrected chi connectivity index (χ2v) is 5.51. The van der Waals surface area contributed by atoms with E-state index < -0.39 is 5.97 Å². The van der Waals surface area contributed by atoms with E-state index in [-0.39, 0.29) is 17.6 Å². The molecule has 6 heteroatoms. The molecule has 100 valence electrons. The molecule has 0 saturated heterocycles. The van der Waals surface area contributed by atoms with Crippen molar-refractivity contribution in [3.05, 3.63) is 17.0 Å². The SMILES string of the molecule is CC(C)CC(C)NC(=O)Nc1sccc1C(=O)O. The lowest BCUT2D eigenvalue weighted by atomic mass is 10.1. The van der Waals surface area contributed by atoms with E-state index in [1.54, 1.807) is 5.38 Å². The molecule has 3 N–H and O–H groups in total. The monoisotopic (exact) mass is 270 g/mol. The molecule has 0 fully saturated rings. The molecule has 5 nitrogen and oxygen atoms in total. The third-order valence-electron chi connectivity index (χ3n) is 2.33. The molecule has 0 aliphatic rings. The van der Waals surface area contributed by atoms with Gasteiger partial charge in [-0.15, -0.1) is 11.3 Å². The number of hydrogen-bond acceptors (Lipinski definition) is 3. The van der Waals surface area contributed by atoms with Crippen LogP contribution in [-0.4, -0.2) is 23.1 Å². The topological polar surface area (TPSA) is 78.4 Å². The summed E-state index contributed by atoms with van der Waals surface area (Å²) >= 11 is 1.19. The lowest BCUT2D eigenvalue weighted by molar-refractivity contribution is 0.0698. The zero-order chi connectivity index (χ0) is 13.7. The van der Waals surface area contributed by atoms with Crippen molar-refractivity contribution in [1.82, 2.24) is 5.32 Å². The molecule has 18 heavy (non-hydrogen) atoms. The molecule has 0 aromatic carbocycles. The van der Waals surface area contributed by atoms with Gasteiger partial charge in [0.25, 0.3) is 0 Å². The van der Waals surface area contributed by atoms with E-state index in [4.69, 9.17) is 5.11 Å². The van der Waals surface area contributed by atoms with Crippen molar-refractivity contribution in [3.8, 4) is 0 Å². The minimum Gasteiger partial charge on any atom is -0.478 e. The molecule has 1 heterocycles. The average molecular weight is 270 g/mol. The van der Waals surface area contributed by atoms with Crippen molar-refractivity contribution in [2.24, 2.45) is 5.92 Å². The van der Waals surface area contributed by atoms with Crippen LogP contribution in [0.3, 0.4) is 0 Å². The first-order valence-corrected chi connectivity index (χ1v) is 6.66. The summed E-state index contributed by atoms with van der Waals surface area (Å²) in [6.45, 7) is 6.09. The summed E-state index contributed by atoms with van der Waals surface area (Å²) in [4.78, 5) is 22.5. The zero-order valence-electron chi connectivity index (χ0n) is 10.7. The van der Waals surface area contributed by atoms with Crippen LogP contribution in [0.25, 0.3) is 0 Å². The number of carbonyl (C=O) groups excluding carboxylic acids is 1. The summed E-state index contributed by atoms with van der Waals surface area (Å²) in [5.41, 5.74) is 0.117. The van der Waals surface area contributed by atoms with Crippen LogP contribution in [0.15, 0.2) is 11.4 Å². The van der Waals surface area contributed by atoms with Gasteiger partial charge in [-0.2, -0.15) is 0 Å². The molecule has 0 spiro atoms. The van der Waals surface area contributed by atoms with Gasteiger partial charge in [0.1, 0.15) is 5.00 Å². The number of thiophene rings is 1. The van der Waals surface area contributed by atoms with Crippen molar-refractivity contribution in [2.75, 3.05) is 5.32 Å². The largest absolute Gasteiger partial charge is 0.478 e. The fourth-order valence-electron chi connectivity index (χ4n) is 1.70. The molecule has 0 radical (unpaired) electrons. The Bertz CT molecular complexity index is 429. The minimum absolute atomic E-state index is 0.0539. The molecule has 1 unspecified atom stereocenters. The molecule has 0 aliphatic carbocycles. The van der Waals surface area contributed by atoms with Gasteiger partial charge in [0.2, 0.25) is 0 Å². The van der Waals surface area contributed by atoms with Crippen molar-refractivity contribution in [1.29, 1.82) is 0 Å². The van der Waals surface area contributed by atoms with Gasteiger partial charge in [-0.3, -0.25) is 5.32 Å². The maximum atomic E-state index is 11.7. The van der Waals surface area contributed by atoms with Crippen LogP contribution < -0.4 is 10.6 Å². The smallest absolute Gasteiger partial charge is 0.338 e. The van der Waals surface area contributed by atoms with Gasteiger partial charge in [0, 0.05) is 6.04 Å². The van der Waals surface area contributed by atoms with Crippen LogP contribution in [0.5, 0.6) is 0 Å². The highest BCUT2D eigenvalue weighted by atomic mass is 32.1. The Morgan fingerprint density at radius 1 is 1.39 bits per heavy atom. The third kappa shape index (κ3) is 4.37. The first kappa shape index (κ1) is 14.5. The number of amides is 2. The van der Waals surface area contributed by atoms with Crippen LogP contribution in [0.1, 0.15) is 37.6 Å². The van der Waals surface area contributed by atoms with Gasteiger partial charge in [-0.05, 0) is 30.7 Å². The summed E-state index contributed by atoms with van der Waals surface area (Å²) < 4.78 is 0. The van der Waals surface area contributed by atoms with Crippen molar-refractivity contribution < 1.29 is 14.7 Å². The Morgan fingerprint density at radius 2 is 2.06 bits per heavy atom. The standard InChI is InChI=1S/C12H18N2O3S/c1-7(2)6-8(3)13-12(17)14-10-9(11(15)16)4-5-18-10/h4-5,7-8H,6H2,1-3H3,(H,15,16)(H2,13,14,17). The number of rotatable bonds is 5. The number of anilines is 1. The van der Waals surface area contributed by atoms with E-state index in [0.717, 1.165) is 6.42 Å². The minimum atomic E-state index is -1.04. The van der Waals surface area contributed by atoms with E-state index in [1.807, 2.05) is 6.92 Å². The number of carbonyl (C=O) groups is 2. The Hall–Kier alpha value is -1.56. The molecule has 0 aliphatic heterocycles. The van der Waals surface area contributed by atoms with Crippen molar-refractivity contribution in [3.63, 3.8) is 0 Å². The highest BCUT2D eigenvalue weighted by Crippen LogP contribution is 2.22. The van der Waals surface area contributed by atoms with Gasteiger partial charge >= 0.3 is 12.0 Å². The first-order chi connectivity index (χ1) is 8.40. The second-order valence-electron chi connectivity index (χ2n) is 4.60. The Kier molecular flexibility index (Phi) is 5.15. The van der Waals surface area contributed by atoms with Crippen LogP contribution in [0.2, 0.25) is 0 Å². The number of aromatic carboxylic acids is 1. The lowest BCUT2D eigenvalue weighted by Gasteiger charge is -2.16. The lowest BCUT2D eigenvalue weighted by Crippen LogP contribution is -2.36. The molecule has 1 aromatic rings. The molecule has 1 atom stereocenters. The van der Waals surface area contributed by atoms with E-state index >= 15 is 0 Å². The Morgan fingerprint density at radius 3 is 2.61 bits per heavy atom. The fourth-order valence-corrected chi connectivity index (χ4v) is 2.48. The number of carboxylic acid groups (broad SMARTS) is 1. The number of nitrogens with one attached hydrogen (secondary N) is 2.